The number of hydrogen-bond acceptors (Lipinski definition) is 3. The predicted molar refractivity (Wildman–Crippen MR) is 89.7 cm³/mol. The van der Waals surface area contributed by atoms with E-state index < -0.39 is 0 Å². The summed E-state index contributed by atoms with van der Waals surface area (Å²) in [6.07, 6.45) is 2.35. The van der Waals surface area contributed by atoms with Crippen molar-refractivity contribution in [3.8, 4) is 0 Å². The number of nitrogens with zero attached hydrogens (tertiary/aromatic N) is 2. The van der Waals surface area contributed by atoms with Crippen LogP contribution in [0.15, 0.2) is 66.9 Å². The number of anilines is 1. The van der Waals surface area contributed by atoms with Crippen molar-refractivity contribution in [2.45, 2.75) is 19.4 Å². The van der Waals surface area contributed by atoms with E-state index in [0.717, 1.165) is 11.3 Å². The van der Waals surface area contributed by atoms with Crippen molar-refractivity contribution in [2.75, 3.05) is 5.32 Å². The minimum absolute atomic E-state index is 0.228. The lowest BCUT2D eigenvalue weighted by molar-refractivity contribution is 0.589. The molecule has 0 fully saturated rings. The van der Waals surface area contributed by atoms with Gasteiger partial charge in [-0.1, -0.05) is 48.5 Å². The van der Waals surface area contributed by atoms with Crippen molar-refractivity contribution >= 4 is 5.95 Å². The highest BCUT2D eigenvalue weighted by molar-refractivity contribution is 5.35. The van der Waals surface area contributed by atoms with E-state index in [4.69, 9.17) is 0 Å². The van der Waals surface area contributed by atoms with E-state index in [9.17, 15) is 4.39 Å². The van der Waals surface area contributed by atoms with Gasteiger partial charge < -0.3 is 5.32 Å². The lowest BCUT2D eigenvalue weighted by Crippen LogP contribution is -2.17. The van der Waals surface area contributed by atoms with Crippen LogP contribution in [0, 0.1) is 12.7 Å². The van der Waals surface area contributed by atoms with Gasteiger partial charge in [0.25, 0.3) is 0 Å². The third-order valence-corrected chi connectivity index (χ3v) is 3.66. The van der Waals surface area contributed by atoms with Crippen molar-refractivity contribution in [3.63, 3.8) is 0 Å². The second-order valence-corrected chi connectivity index (χ2v) is 5.43. The standard InChI is InChI=1S/C19H18FN3/c1-14-11-12-21-19(22-14)23-18(13-15-7-3-2-4-8-15)16-9-5-6-10-17(16)20/h2-12,18H,13H2,1H3,(H,21,22,23). The maximum atomic E-state index is 14.2. The molecule has 1 N–H and O–H groups in total. The summed E-state index contributed by atoms with van der Waals surface area (Å²) in [6, 6.07) is 18.4. The van der Waals surface area contributed by atoms with Gasteiger partial charge in [0.05, 0.1) is 6.04 Å². The molecule has 2 aromatic carbocycles. The Hall–Kier alpha value is -2.75. The van der Waals surface area contributed by atoms with Crippen molar-refractivity contribution in [1.29, 1.82) is 0 Å². The van der Waals surface area contributed by atoms with Crippen LogP contribution in [0.2, 0.25) is 0 Å². The van der Waals surface area contributed by atoms with Crippen molar-refractivity contribution < 1.29 is 4.39 Å². The summed E-state index contributed by atoms with van der Waals surface area (Å²) in [5.41, 5.74) is 2.61. The van der Waals surface area contributed by atoms with Crippen LogP contribution >= 0.6 is 0 Å². The van der Waals surface area contributed by atoms with Crippen LogP contribution in [-0.2, 0) is 6.42 Å². The molecule has 0 amide bonds. The Morgan fingerprint density at radius 3 is 2.48 bits per heavy atom. The number of nitrogens with one attached hydrogen (secondary N) is 1. The fraction of sp³-hybridized carbons (Fsp3) is 0.158. The van der Waals surface area contributed by atoms with Gasteiger partial charge in [0, 0.05) is 17.5 Å². The number of aromatic nitrogens is 2. The second-order valence-electron chi connectivity index (χ2n) is 5.43. The fourth-order valence-electron chi connectivity index (χ4n) is 2.52. The molecule has 0 bridgehead atoms. The van der Waals surface area contributed by atoms with Gasteiger partial charge in [-0.3, -0.25) is 0 Å². The lowest BCUT2D eigenvalue weighted by atomic mass is 9.98. The van der Waals surface area contributed by atoms with Crippen molar-refractivity contribution in [1.82, 2.24) is 9.97 Å². The molecule has 23 heavy (non-hydrogen) atoms. The number of aryl methyl sites for hydroxylation is 1. The monoisotopic (exact) mass is 307 g/mol. The molecule has 1 unspecified atom stereocenters. The number of hydrogen-bond donors (Lipinski definition) is 1. The zero-order chi connectivity index (χ0) is 16.1. The first kappa shape index (κ1) is 15.2. The van der Waals surface area contributed by atoms with Gasteiger partial charge in [0.1, 0.15) is 5.82 Å². The van der Waals surface area contributed by atoms with E-state index in [1.807, 2.05) is 49.4 Å². The molecule has 1 atom stereocenters. The summed E-state index contributed by atoms with van der Waals surface area (Å²) in [6.45, 7) is 1.90. The van der Waals surface area contributed by atoms with Crippen LogP contribution in [0.25, 0.3) is 0 Å². The van der Waals surface area contributed by atoms with E-state index in [-0.39, 0.29) is 11.9 Å². The summed E-state index contributed by atoms with van der Waals surface area (Å²) >= 11 is 0. The Morgan fingerprint density at radius 2 is 1.74 bits per heavy atom. The molecule has 1 heterocycles. The number of benzene rings is 2. The highest BCUT2D eigenvalue weighted by atomic mass is 19.1. The van der Waals surface area contributed by atoms with Crippen molar-refractivity contribution in [2.24, 2.45) is 0 Å². The average molecular weight is 307 g/mol. The Balaban J connectivity index is 1.91. The SMILES string of the molecule is Cc1ccnc(NC(Cc2ccccc2)c2ccccc2F)n1. The van der Waals surface area contributed by atoms with Crippen LogP contribution < -0.4 is 5.32 Å². The van der Waals surface area contributed by atoms with Crippen LogP contribution in [0.4, 0.5) is 10.3 Å². The maximum Gasteiger partial charge on any atom is 0.223 e. The molecule has 0 saturated heterocycles. The van der Waals surface area contributed by atoms with E-state index in [1.165, 1.54) is 6.07 Å². The van der Waals surface area contributed by atoms with Crippen LogP contribution in [-0.4, -0.2) is 9.97 Å². The molecule has 0 aliphatic carbocycles. The summed E-state index contributed by atoms with van der Waals surface area (Å²) in [5.74, 6) is 0.280. The number of rotatable bonds is 5. The summed E-state index contributed by atoms with van der Waals surface area (Å²) in [4.78, 5) is 8.60. The Kier molecular flexibility index (Phi) is 4.62. The molecule has 3 nitrogen and oxygen atoms in total. The van der Waals surface area contributed by atoms with Gasteiger partial charge in [-0.05, 0) is 31.0 Å². The molecule has 3 aromatic rings. The normalized spacial score (nSPS) is 11.9. The third-order valence-electron chi connectivity index (χ3n) is 3.66. The van der Waals surface area contributed by atoms with E-state index in [0.29, 0.717) is 17.9 Å². The topological polar surface area (TPSA) is 37.8 Å². The van der Waals surface area contributed by atoms with Crippen LogP contribution in [0.3, 0.4) is 0 Å². The van der Waals surface area contributed by atoms with Gasteiger partial charge in [-0.25, -0.2) is 14.4 Å². The van der Waals surface area contributed by atoms with Gasteiger partial charge in [-0.15, -0.1) is 0 Å². The smallest absolute Gasteiger partial charge is 0.223 e. The van der Waals surface area contributed by atoms with Gasteiger partial charge in [-0.2, -0.15) is 0 Å². The fourth-order valence-corrected chi connectivity index (χ4v) is 2.52. The average Bonchev–Trinajstić information content (AvgIpc) is 2.56. The van der Waals surface area contributed by atoms with Gasteiger partial charge in [0.2, 0.25) is 5.95 Å². The Morgan fingerprint density at radius 1 is 1.00 bits per heavy atom. The van der Waals surface area contributed by atoms with Crippen LogP contribution in [0.5, 0.6) is 0 Å². The predicted octanol–water partition coefficient (Wildman–Crippen LogP) is 4.32. The molecular weight excluding hydrogens is 289 g/mol. The first-order chi connectivity index (χ1) is 11.2. The zero-order valence-corrected chi connectivity index (χ0v) is 12.9. The van der Waals surface area contributed by atoms with E-state index in [2.05, 4.69) is 15.3 Å². The molecular formula is C19H18FN3. The third kappa shape index (κ3) is 3.92. The van der Waals surface area contributed by atoms with Gasteiger partial charge in [0.15, 0.2) is 0 Å². The first-order valence-corrected chi connectivity index (χ1v) is 7.57. The summed E-state index contributed by atoms with van der Waals surface area (Å²) in [7, 11) is 0. The highest BCUT2D eigenvalue weighted by Gasteiger charge is 2.17. The molecule has 1 aromatic heterocycles. The minimum Gasteiger partial charge on any atom is -0.347 e. The maximum absolute atomic E-state index is 14.2. The molecule has 3 rings (SSSR count). The summed E-state index contributed by atoms with van der Waals surface area (Å²) in [5, 5.41) is 3.26. The highest BCUT2D eigenvalue weighted by Crippen LogP contribution is 2.24. The van der Waals surface area contributed by atoms with E-state index in [1.54, 1.807) is 18.3 Å². The molecule has 116 valence electrons. The Bertz CT molecular complexity index is 774. The molecule has 0 aliphatic rings. The number of halogens is 1. The second kappa shape index (κ2) is 7.01. The molecule has 0 radical (unpaired) electrons. The first-order valence-electron chi connectivity index (χ1n) is 7.57. The Labute approximate surface area is 135 Å². The quantitative estimate of drug-likeness (QED) is 0.763. The van der Waals surface area contributed by atoms with Crippen molar-refractivity contribution in [3.05, 3.63) is 89.5 Å². The van der Waals surface area contributed by atoms with E-state index >= 15 is 0 Å². The summed E-state index contributed by atoms with van der Waals surface area (Å²) < 4.78 is 14.2. The largest absolute Gasteiger partial charge is 0.347 e. The molecule has 4 heteroatoms. The lowest BCUT2D eigenvalue weighted by Gasteiger charge is -2.20. The molecule has 0 saturated carbocycles. The minimum atomic E-state index is -0.236. The zero-order valence-electron chi connectivity index (χ0n) is 12.9. The molecule has 0 spiro atoms. The molecule has 0 aliphatic heterocycles. The van der Waals surface area contributed by atoms with Gasteiger partial charge >= 0.3 is 0 Å². The van der Waals surface area contributed by atoms with Crippen LogP contribution in [0.1, 0.15) is 22.9 Å².